The number of benzene rings is 1. The van der Waals surface area contributed by atoms with Crippen molar-refractivity contribution in [3.05, 3.63) is 24.3 Å². The summed E-state index contributed by atoms with van der Waals surface area (Å²) in [5.41, 5.74) is 1.52. The van der Waals surface area contributed by atoms with Crippen molar-refractivity contribution < 1.29 is 14.3 Å². The lowest BCUT2D eigenvalue weighted by Gasteiger charge is -2.25. The number of ether oxygens (including phenoxy) is 1. The Kier molecular flexibility index (Phi) is 4.48. The molecule has 1 aliphatic carbocycles. The van der Waals surface area contributed by atoms with Crippen molar-refractivity contribution in [3.8, 4) is 0 Å². The van der Waals surface area contributed by atoms with Gasteiger partial charge in [-0.05, 0) is 37.5 Å². The Hall–Kier alpha value is -2.28. The normalized spacial score (nSPS) is 22.8. The molecule has 134 valence electrons. The molecule has 2 heterocycles. The third-order valence-corrected chi connectivity index (χ3v) is 4.99. The van der Waals surface area contributed by atoms with Gasteiger partial charge in [-0.15, -0.1) is 0 Å². The second-order valence-electron chi connectivity index (χ2n) is 6.98. The number of anilines is 2. The predicted molar refractivity (Wildman–Crippen MR) is 94.9 cm³/mol. The van der Waals surface area contributed by atoms with Crippen molar-refractivity contribution >= 4 is 23.4 Å². The molecule has 3 fully saturated rings. The highest BCUT2D eigenvalue weighted by Gasteiger charge is 2.35. The Labute approximate surface area is 147 Å². The summed E-state index contributed by atoms with van der Waals surface area (Å²) in [6.07, 6.45) is 3.18. The first-order chi connectivity index (χ1) is 12.2. The van der Waals surface area contributed by atoms with Gasteiger partial charge in [-0.25, -0.2) is 9.59 Å². The smallest absolute Gasteiger partial charge is 0.322 e. The molecule has 2 saturated heterocycles. The van der Waals surface area contributed by atoms with Gasteiger partial charge in [0.25, 0.3) is 0 Å². The highest BCUT2D eigenvalue weighted by atomic mass is 16.5. The van der Waals surface area contributed by atoms with Crippen LogP contribution in [0.4, 0.5) is 21.0 Å². The van der Waals surface area contributed by atoms with Gasteiger partial charge in [0.15, 0.2) is 0 Å². The van der Waals surface area contributed by atoms with Crippen LogP contribution in [-0.2, 0) is 4.74 Å². The van der Waals surface area contributed by atoms with Crippen LogP contribution < -0.4 is 15.5 Å². The van der Waals surface area contributed by atoms with E-state index >= 15 is 0 Å². The van der Waals surface area contributed by atoms with Crippen molar-refractivity contribution in [2.75, 3.05) is 43.1 Å². The minimum absolute atomic E-state index is 0.0579. The van der Waals surface area contributed by atoms with Crippen molar-refractivity contribution in [3.63, 3.8) is 0 Å². The summed E-state index contributed by atoms with van der Waals surface area (Å²) in [5, 5.41) is 5.79. The fraction of sp³-hybridized carbons (Fsp3) is 0.556. The summed E-state index contributed by atoms with van der Waals surface area (Å²) < 4.78 is 5.44. The number of nitrogens with one attached hydrogen (secondary N) is 2. The highest BCUT2D eigenvalue weighted by Crippen LogP contribution is 2.30. The van der Waals surface area contributed by atoms with Gasteiger partial charge in [0, 0.05) is 49.6 Å². The molecular weight excluding hydrogens is 320 g/mol. The van der Waals surface area contributed by atoms with Crippen LogP contribution in [0.3, 0.4) is 0 Å². The molecule has 0 radical (unpaired) electrons. The molecule has 0 unspecified atom stereocenters. The van der Waals surface area contributed by atoms with Gasteiger partial charge in [0.2, 0.25) is 0 Å². The molecule has 7 heteroatoms. The van der Waals surface area contributed by atoms with Crippen molar-refractivity contribution in [2.24, 2.45) is 5.92 Å². The molecule has 1 saturated carbocycles. The minimum atomic E-state index is -0.0932. The Bertz CT molecular complexity index is 655. The van der Waals surface area contributed by atoms with E-state index in [2.05, 4.69) is 10.6 Å². The number of nitrogens with zero attached hydrogens (tertiary/aromatic N) is 2. The van der Waals surface area contributed by atoms with Gasteiger partial charge < -0.3 is 20.3 Å². The first-order valence-corrected chi connectivity index (χ1v) is 9.01. The lowest BCUT2D eigenvalue weighted by Crippen LogP contribution is -2.40. The van der Waals surface area contributed by atoms with E-state index in [1.54, 1.807) is 4.90 Å². The zero-order chi connectivity index (χ0) is 17.2. The maximum absolute atomic E-state index is 12.8. The van der Waals surface area contributed by atoms with E-state index in [1.165, 1.54) is 0 Å². The van der Waals surface area contributed by atoms with Crippen molar-refractivity contribution in [1.29, 1.82) is 0 Å². The van der Waals surface area contributed by atoms with E-state index in [9.17, 15) is 9.59 Å². The maximum atomic E-state index is 12.8. The maximum Gasteiger partial charge on any atom is 0.322 e. The van der Waals surface area contributed by atoms with Gasteiger partial charge in [-0.3, -0.25) is 4.90 Å². The number of hydrogen-bond acceptors (Lipinski definition) is 3. The molecule has 1 aromatic carbocycles. The fourth-order valence-electron chi connectivity index (χ4n) is 3.45. The zero-order valence-electron chi connectivity index (χ0n) is 14.2. The molecule has 0 bridgehead atoms. The lowest BCUT2D eigenvalue weighted by atomic mass is 10.1. The van der Waals surface area contributed by atoms with E-state index in [-0.39, 0.29) is 12.1 Å². The molecule has 2 aliphatic heterocycles. The first kappa shape index (κ1) is 16.2. The van der Waals surface area contributed by atoms with Crippen molar-refractivity contribution in [1.82, 2.24) is 10.2 Å². The summed E-state index contributed by atoms with van der Waals surface area (Å²) in [6.45, 7) is 3.59. The van der Waals surface area contributed by atoms with Crippen LogP contribution in [0.5, 0.6) is 0 Å². The molecule has 0 aromatic heterocycles. The van der Waals surface area contributed by atoms with Gasteiger partial charge in [-0.1, -0.05) is 6.07 Å². The molecule has 4 rings (SSSR count). The number of carbonyl (C=O) groups is 2. The molecule has 0 spiro atoms. The molecule has 1 atom stereocenters. The van der Waals surface area contributed by atoms with Gasteiger partial charge >= 0.3 is 12.1 Å². The number of hydrogen-bond donors (Lipinski definition) is 2. The topological polar surface area (TPSA) is 73.9 Å². The molecule has 7 nitrogen and oxygen atoms in total. The van der Waals surface area contributed by atoms with E-state index < -0.39 is 0 Å². The van der Waals surface area contributed by atoms with Crippen LogP contribution in [0.15, 0.2) is 24.3 Å². The van der Waals surface area contributed by atoms with Crippen LogP contribution in [0, 0.1) is 5.92 Å². The van der Waals surface area contributed by atoms with Gasteiger partial charge in [0.05, 0.1) is 6.61 Å². The van der Waals surface area contributed by atoms with E-state index in [0.717, 1.165) is 50.4 Å². The molecule has 25 heavy (non-hydrogen) atoms. The molecule has 3 aliphatic rings. The van der Waals surface area contributed by atoms with Gasteiger partial charge in [-0.2, -0.15) is 0 Å². The Balaban J connectivity index is 1.43. The van der Waals surface area contributed by atoms with Crippen molar-refractivity contribution in [2.45, 2.75) is 25.3 Å². The quantitative estimate of drug-likeness (QED) is 0.860. The summed E-state index contributed by atoms with van der Waals surface area (Å²) in [4.78, 5) is 28.2. The van der Waals surface area contributed by atoms with Crippen LogP contribution in [0.25, 0.3) is 0 Å². The second-order valence-corrected chi connectivity index (χ2v) is 6.98. The Morgan fingerprint density at radius 3 is 2.92 bits per heavy atom. The molecule has 4 amide bonds. The lowest BCUT2D eigenvalue weighted by molar-refractivity contribution is 0.167. The summed E-state index contributed by atoms with van der Waals surface area (Å²) >= 11 is 0. The molecule has 2 N–H and O–H groups in total. The average molecular weight is 344 g/mol. The second kappa shape index (κ2) is 6.92. The van der Waals surface area contributed by atoms with E-state index in [1.807, 2.05) is 29.2 Å². The predicted octanol–water partition coefficient (Wildman–Crippen LogP) is 2.25. The minimum Gasteiger partial charge on any atom is -0.381 e. The van der Waals surface area contributed by atoms with E-state index in [4.69, 9.17) is 4.74 Å². The summed E-state index contributed by atoms with van der Waals surface area (Å²) in [5.74, 6) is 0.436. The zero-order valence-corrected chi connectivity index (χ0v) is 14.2. The summed E-state index contributed by atoms with van der Waals surface area (Å²) in [6, 6.07) is 7.67. The monoisotopic (exact) mass is 344 g/mol. The number of carbonyl (C=O) groups excluding carboxylic acids is 2. The standard InChI is InChI=1S/C18H24N4O3/c23-17-19-7-8-21(17)16-3-1-2-14(10-16)20-18(24)22(15-4-5-15)11-13-6-9-25-12-13/h1-3,10,13,15H,4-9,11-12H2,(H,19,23)(H,20,24)/t13-/m1/s1. The largest absolute Gasteiger partial charge is 0.381 e. The summed E-state index contributed by atoms with van der Waals surface area (Å²) in [7, 11) is 0. The van der Waals surface area contributed by atoms with Crippen LogP contribution in [0.1, 0.15) is 19.3 Å². The Morgan fingerprint density at radius 1 is 1.36 bits per heavy atom. The number of rotatable bonds is 5. The van der Waals surface area contributed by atoms with Crippen LogP contribution >= 0.6 is 0 Å². The van der Waals surface area contributed by atoms with Gasteiger partial charge in [0.1, 0.15) is 0 Å². The SMILES string of the molecule is O=C1NCCN1c1cccc(NC(=O)N(C[C@H]2CCOC2)C2CC2)c1. The van der Waals surface area contributed by atoms with Crippen LogP contribution in [0.2, 0.25) is 0 Å². The number of urea groups is 2. The third-order valence-electron chi connectivity index (χ3n) is 4.99. The first-order valence-electron chi connectivity index (χ1n) is 9.01. The highest BCUT2D eigenvalue weighted by molar-refractivity contribution is 5.96. The van der Waals surface area contributed by atoms with Crippen LogP contribution in [-0.4, -0.2) is 55.9 Å². The average Bonchev–Trinajstić information content (AvgIpc) is 3.13. The molecular formula is C18H24N4O3. The molecule has 1 aromatic rings. The third kappa shape index (κ3) is 3.71. The van der Waals surface area contributed by atoms with E-state index in [0.29, 0.717) is 25.0 Å². The Morgan fingerprint density at radius 2 is 2.24 bits per heavy atom. The number of amides is 4. The fourth-order valence-corrected chi connectivity index (χ4v) is 3.45.